The Morgan fingerprint density at radius 1 is 1.32 bits per heavy atom. The number of nitrogens with one attached hydrogen (secondary N) is 3. The molecule has 7 nitrogen and oxygen atoms in total. The highest BCUT2D eigenvalue weighted by atomic mass is 16.5. The molecule has 22 heavy (non-hydrogen) atoms. The quantitative estimate of drug-likeness (QED) is 0.622. The number of amides is 1. The number of rotatable bonds is 8. The highest BCUT2D eigenvalue weighted by molar-refractivity contribution is 5.97. The summed E-state index contributed by atoms with van der Waals surface area (Å²) in [7, 11) is 5.46. The van der Waals surface area contributed by atoms with Crippen LogP contribution in [0.15, 0.2) is 18.2 Å². The molecule has 0 radical (unpaired) electrons. The van der Waals surface area contributed by atoms with Crippen molar-refractivity contribution in [1.82, 2.24) is 20.2 Å². The van der Waals surface area contributed by atoms with E-state index >= 15 is 0 Å². The average molecular weight is 305 g/mol. The van der Waals surface area contributed by atoms with Gasteiger partial charge in [0.25, 0.3) is 5.91 Å². The summed E-state index contributed by atoms with van der Waals surface area (Å²) < 4.78 is 6.98. The Hall–Kier alpha value is -2.12. The molecular formula is C15H23N5O2. The number of likely N-dealkylation sites (N-methyl/N-ethyl adjacent to an activating group) is 1. The summed E-state index contributed by atoms with van der Waals surface area (Å²) >= 11 is 0. The van der Waals surface area contributed by atoms with E-state index in [1.165, 1.54) is 0 Å². The van der Waals surface area contributed by atoms with Gasteiger partial charge in [0.05, 0.1) is 17.6 Å². The molecule has 1 aromatic heterocycles. The zero-order valence-corrected chi connectivity index (χ0v) is 13.3. The monoisotopic (exact) mass is 305 g/mol. The molecular weight excluding hydrogens is 282 g/mol. The number of hydrogen-bond donors (Lipinski definition) is 3. The second-order valence-electron chi connectivity index (χ2n) is 4.98. The first-order valence-corrected chi connectivity index (χ1v) is 7.29. The van der Waals surface area contributed by atoms with Crippen LogP contribution in [0, 0.1) is 0 Å². The third kappa shape index (κ3) is 3.75. The van der Waals surface area contributed by atoms with Crippen LogP contribution in [-0.4, -0.2) is 55.9 Å². The number of carbonyl (C=O) groups is 1. The molecule has 7 heteroatoms. The number of aromatic nitrogens is 2. The van der Waals surface area contributed by atoms with E-state index in [0.29, 0.717) is 25.3 Å². The van der Waals surface area contributed by atoms with Crippen LogP contribution in [-0.2, 0) is 11.8 Å². The Bertz CT molecular complexity index is 638. The number of imidazole rings is 1. The first-order valence-electron chi connectivity index (χ1n) is 7.29. The van der Waals surface area contributed by atoms with Crippen molar-refractivity contribution in [2.24, 2.45) is 7.05 Å². The number of ether oxygens (including phenoxy) is 1. The molecule has 0 fully saturated rings. The van der Waals surface area contributed by atoms with Crippen LogP contribution >= 0.6 is 0 Å². The fourth-order valence-electron chi connectivity index (χ4n) is 2.17. The molecule has 3 N–H and O–H groups in total. The average Bonchev–Trinajstić information content (AvgIpc) is 2.83. The molecule has 1 amide bonds. The Balaban J connectivity index is 2.14. The van der Waals surface area contributed by atoms with Crippen LogP contribution in [0.5, 0.6) is 0 Å². The van der Waals surface area contributed by atoms with Gasteiger partial charge in [-0.15, -0.1) is 0 Å². The fraction of sp³-hybridized carbons (Fsp3) is 0.467. The summed E-state index contributed by atoms with van der Waals surface area (Å²) in [4.78, 5) is 16.6. The largest absolute Gasteiger partial charge is 0.383 e. The number of methoxy groups -OCH3 is 1. The molecule has 2 rings (SSSR count). The SMILES string of the molecule is CNCCNC(=O)c1ccc2c(c1)nc(NCCOC)n2C. The normalized spacial score (nSPS) is 10.9. The van der Waals surface area contributed by atoms with Crippen molar-refractivity contribution in [3.63, 3.8) is 0 Å². The summed E-state index contributed by atoms with van der Waals surface area (Å²) in [6, 6.07) is 5.54. The molecule has 120 valence electrons. The lowest BCUT2D eigenvalue weighted by atomic mass is 10.2. The topological polar surface area (TPSA) is 80.2 Å². The van der Waals surface area contributed by atoms with Crippen LogP contribution in [0.1, 0.15) is 10.4 Å². The molecule has 0 bridgehead atoms. The summed E-state index contributed by atoms with van der Waals surface area (Å²) in [6.45, 7) is 2.64. The lowest BCUT2D eigenvalue weighted by Crippen LogP contribution is -2.30. The van der Waals surface area contributed by atoms with Crippen LogP contribution in [0.25, 0.3) is 11.0 Å². The minimum Gasteiger partial charge on any atom is -0.383 e. The predicted molar refractivity (Wildman–Crippen MR) is 87.3 cm³/mol. The van der Waals surface area contributed by atoms with Crippen molar-refractivity contribution in [2.75, 3.05) is 45.7 Å². The number of anilines is 1. The molecule has 0 aliphatic heterocycles. The van der Waals surface area contributed by atoms with E-state index < -0.39 is 0 Å². The second-order valence-corrected chi connectivity index (χ2v) is 4.98. The predicted octanol–water partition coefficient (Wildman–Crippen LogP) is 0.581. The van der Waals surface area contributed by atoms with Gasteiger partial charge in [-0.1, -0.05) is 0 Å². The first kappa shape index (κ1) is 16.3. The Kier molecular flexibility index (Phi) is 5.74. The van der Waals surface area contributed by atoms with Crippen LogP contribution in [0.4, 0.5) is 5.95 Å². The zero-order chi connectivity index (χ0) is 15.9. The van der Waals surface area contributed by atoms with Crippen molar-refractivity contribution >= 4 is 22.9 Å². The number of nitrogens with zero attached hydrogens (tertiary/aromatic N) is 2. The molecule has 0 saturated heterocycles. The van der Waals surface area contributed by atoms with E-state index in [1.807, 2.05) is 36.9 Å². The number of fused-ring (bicyclic) bond motifs is 1. The molecule has 1 aromatic carbocycles. The van der Waals surface area contributed by atoms with Crippen LogP contribution < -0.4 is 16.0 Å². The second kappa shape index (κ2) is 7.77. The highest BCUT2D eigenvalue weighted by Gasteiger charge is 2.11. The zero-order valence-electron chi connectivity index (χ0n) is 13.3. The molecule has 0 aliphatic rings. The van der Waals surface area contributed by atoms with Crippen molar-refractivity contribution in [3.8, 4) is 0 Å². The summed E-state index contributed by atoms with van der Waals surface area (Å²) in [5.74, 6) is 0.677. The Morgan fingerprint density at radius 3 is 2.86 bits per heavy atom. The van der Waals surface area contributed by atoms with Gasteiger partial charge in [0.15, 0.2) is 0 Å². The molecule has 0 unspecified atom stereocenters. The smallest absolute Gasteiger partial charge is 0.251 e. The minimum atomic E-state index is -0.0864. The lowest BCUT2D eigenvalue weighted by Gasteiger charge is -2.05. The van der Waals surface area contributed by atoms with Crippen LogP contribution in [0.3, 0.4) is 0 Å². The minimum absolute atomic E-state index is 0.0864. The van der Waals surface area contributed by atoms with Gasteiger partial charge >= 0.3 is 0 Å². The number of carbonyl (C=O) groups excluding carboxylic acids is 1. The Labute approximate surface area is 130 Å². The van der Waals surface area contributed by atoms with Gasteiger partial charge in [-0.05, 0) is 25.2 Å². The van der Waals surface area contributed by atoms with Gasteiger partial charge in [-0.2, -0.15) is 0 Å². The van der Waals surface area contributed by atoms with Crippen molar-refractivity contribution < 1.29 is 9.53 Å². The van der Waals surface area contributed by atoms with E-state index in [-0.39, 0.29) is 5.91 Å². The summed E-state index contributed by atoms with van der Waals surface area (Å²) in [6.07, 6.45) is 0. The van der Waals surface area contributed by atoms with E-state index in [2.05, 4.69) is 20.9 Å². The number of benzene rings is 1. The maximum atomic E-state index is 12.1. The Morgan fingerprint density at radius 2 is 2.14 bits per heavy atom. The van der Waals surface area contributed by atoms with E-state index in [1.54, 1.807) is 7.11 Å². The van der Waals surface area contributed by atoms with Crippen molar-refractivity contribution in [2.45, 2.75) is 0 Å². The molecule has 1 heterocycles. The third-order valence-corrected chi connectivity index (χ3v) is 3.39. The summed E-state index contributed by atoms with van der Waals surface area (Å²) in [5, 5.41) is 9.06. The maximum Gasteiger partial charge on any atom is 0.251 e. The van der Waals surface area contributed by atoms with Gasteiger partial charge in [0.1, 0.15) is 0 Å². The molecule has 0 aliphatic carbocycles. The van der Waals surface area contributed by atoms with Gasteiger partial charge in [-0.25, -0.2) is 4.98 Å². The summed E-state index contributed by atoms with van der Waals surface area (Å²) in [5.41, 5.74) is 2.39. The first-order chi connectivity index (χ1) is 10.7. The molecule has 0 spiro atoms. The lowest BCUT2D eigenvalue weighted by molar-refractivity contribution is 0.0954. The van der Waals surface area contributed by atoms with Crippen LogP contribution in [0.2, 0.25) is 0 Å². The number of aryl methyl sites for hydroxylation is 1. The highest BCUT2D eigenvalue weighted by Crippen LogP contribution is 2.19. The maximum absolute atomic E-state index is 12.1. The van der Waals surface area contributed by atoms with E-state index in [4.69, 9.17) is 4.74 Å². The van der Waals surface area contributed by atoms with Gasteiger partial charge in [-0.3, -0.25) is 4.79 Å². The van der Waals surface area contributed by atoms with Crippen molar-refractivity contribution in [3.05, 3.63) is 23.8 Å². The standard InChI is InChI=1S/C15H23N5O2/c1-16-6-7-17-14(21)11-4-5-13-12(10-11)19-15(20(13)2)18-8-9-22-3/h4-5,10,16H,6-9H2,1-3H3,(H,17,21)(H,18,19). The molecule has 0 saturated carbocycles. The number of hydrogen-bond acceptors (Lipinski definition) is 5. The fourth-order valence-corrected chi connectivity index (χ4v) is 2.17. The van der Waals surface area contributed by atoms with E-state index in [9.17, 15) is 4.79 Å². The van der Waals surface area contributed by atoms with E-state index in [0.717, 1.165) is 23.5 Å². The van der Waals surface area contributed by atoms with Gasteiger partial charge < -0.3 is 25.3 Å². The van der Waals surface area contributed by atoms with Gasteiger partial charge in [0.2, 0.25) is 5.95 Å². The molecule has 0 atom stereocenters. The molecule has 2 aromatic rings. The van der Waals surface area contributed by atoms with Gasteiger partial charge in [0, 0.05) is 39.4 Å². The van der Waals surface area contributed by atoms with Crippen molar-refractivity contribution in [1.29, 1.82) is 0 Å². The third-order valence-electron chi connectivity index (χ3n) is 3.39.